The van der Waals surface area contributed by atoms with Gasteiger partial charge in [-0.2, -0.15) is 0 Å². The van der Waals surface area contributed by atoms with Gasteiger partial charge in [0.1, 0.15) is 0 Å². The van der Waals surface area contributed by atoms with E-state index in [2.05, 4.69) is 6.92 Å². The maximum atomic E-state index is 12.5. The van der Waals surface area contributed by atoms with Gasteiger partial charge in [-0.3, -0.25) is 4.79 Å². The van der Waals surface area contributed by atoms with Crippen molar-refractivity contribution in [1.82, 2.24) is 4.90 Å². The molecule has 0 radical (unpaired) electrons. The van der Waals surface area contributed by atoms with E-state index in [-0.39, 0.29) is 11.3 Å². The molecule has 0 aromatic heterocycles. The Kier molecular flexibility index (Phi) is 3.96. The first-order valence-corrected chi connectivity index (χ1v) is 6.99. The van der Waals surface area contributed by atoms with Gasteiger partial charge in [-0.1, -0.05) is 37.1 Å². The van der Waals surface area contributed by atoms with Gasteiger partial charge in [0.05, 0.1) is 5.41 Å². The van der Waals surface area contributed by atoms with Crippen LogP contribution in [-0.4, -0.2) is 24.4 Å². The standard InChI is InChI=1S/C15H20ClNO/c1-3-4-10-17(2)14(18)15(8-9-15)12-6-5-7-13(16)11-12/h5-7,11H,3-4,8-10H2,1-2H3. The van der Waals surface area contributed by atoms with Gasteiger partial charge in [0.25, 0.3) is 0 Å². The second kappa shape index (κ2) is 5.31. The summed E-state index contributed by atoms with van der Waals surface area (Å²) in [7, 11) is 1.91. The van der Waals surface area contributed by atoms with Crippen LogP contribution >= 0.6 is 11.6 Å². The second-order valence-corrected chi connectivity index (χ2v) is 5.61. The van der Waals surface area contributed by atoms with Crippen LogP contribution in [0.25, 0.3) is 0 Å². The number of hydrogen-bond donors (Lipinski definition) is 0. The summed E-state index contributed by atoms with van der Waals surface area (Å²) in [6, 6.07) is 7.73. The number of nitrogens with zero attached hydrogens (tertiary/aromatic N) is 1. The van der Waals surface area contributed by atoms with Crippen molar-refractivity contribution in [1.29, 1.82) is 0 Å². The van der Waals surface area contributed by atoms with E-state index in [9.17, 15) is 4.79 Å². The van der Waals surface area contributed by atoms with Crippen LogP contribution in [0.4, 0.5) is 0 Å². The largest absolute Gasteiger partial charge is 0.345 e. The number of amides is 1. The molecule has 0 bridgehead atoms. The fourth-order valence-corrected chi connectivity index (χ4v) is 2.59. The molecule has 1 saturated carbocycles. The topological polar surface area (TPSA) is 20.3 Å². The van der Waals surface area contributed by atoms with E-state index in [1.165, 1.54) is 0 Å². The first kappa shape index (κ1) is 13.4. The number of rotatable bonds is 5. The van der Waals surface area contributed by atoms with Crippen LogP contribution in [0.5, 0.6) is 0 Å². The molecule has 18 heavy (non-hydrogen) atoms. The molecule has 1 aliphatic rings. The van der Waals surface area contributed by atoms with Crippen molar-refractivity contribution in [2.75, 3.05) is 13.6 Å². The minimum atomic E-state index is -0.284. The highest BCUT2D eigenvalue weighted by Crippen LogP contribution is 2.49. The molecule has 0 unspecified atom stereocenters. The third kappa shape index (κ3) is 2.54. The molecule has 2 nitrogen and oxygen atoms in total. The highest BCUT2D eigenvalue weighted by molar-refractivity contribution is 6.30. The van der Waals surface area contributed by atoms with Gasteiger partial charge in [-0.15, -0.1) is 0 Å². The Bertz CT molecular complexity index is 440. The SMILES string of the molecule is CCCCN(C)C(=O)C1(c2cccc(Cl)c2)CC1. The van der Waals surface area contributed by atoms with E-state index in [4.69, 9.17) is 11.6 Å². The summed E-state index contributed by atoms with van der Waals surface area (Å²) >= 11 is 6.02. The summed E-state index contributed by atoms with van der Waals surface area (Å²) in [5, 5.41) is 0.711. The zero-order valence-electron chi connectivity index (χ0n) is 11.1. The lowest BCUT2D eigenvalue weighted by Crippen LogP contribution is -2.37. The molecule has 1 fully saturated rings. The maximum absolute atomic E-state index is 12.5. The number of hydrogen-bond acceptors (Lipinski definition) is 1. The van der Waals surface area contributed by atoms with Crippen LogP contribution in [0.1, 0.15) is 38.2 Å². The molecule has 0 atom stereocenters. The fraction of sp³-hybridized carbons (Fsp3) is 0.533. The highest BCUT2D eigenvalue weighted by Gasteiger charge is 2.52. The van der Waals surface area contributed by atoms with Crippen molar-refractivity contribution < 1.29 is 4.79 Å². The average Bonchev–Trinajstić information content (AvgIpc) is 3.16. The van der Waals surface area contributed by atoms with E-state index >= 15 is 0 Å². The molecule has 0 spiro atoms. The predicted octanol–water partition coefficient (Wildman–Crippen LogP) is 3.63. The minimum Gasteiger partial charge on any atom is -0.345 e. The molecule has 1 aromatic rings. The first-order chi connectivity index (χ1) is 8.60. The van der Waals surface area contributed by atoms with Gasteiger partial charge in [-0.25, -0.2) is 0 Å². The Labute approximate surface area is 114 Å². The minimum absolute atomic E-state index is 0.248. The predicted molar refractivity (Wildman–Crippen MR) is 74.9 cm³/mol. The summed E-state index contributed by atoms with van der Waals surface area (Å²) in [4.78, 5) is 14.4. The number of benzene rings is 1. The molecular formula is C15H20ClNO. The Morgan fingerprint density at radius 1 is 1.44 bits per heavy atom. The number of unbranched alkanes of at least 4 members (excludes halogenated alkanes) is 1. The van der Waals surface area contributed by atoms with Crippen molar-refractivity contribution in [3.8, 4) is 0 Å². The Morgan fingerprint density at radius 2 is 2.17 bits per heavy atom. The Balaban J connectivity index is 2.14. The van der Waals surface area contributed by atoms with Crippen LogP contribution in [0.15, 0.2) is 24.3 Å². The van der Waals surface area contributed by atoms with Crippen molar-refractivity contribution in [3.63, 3.8) is 0 Å². The van der Waals surface area contributed by atoms with E-state index < -0.39 is 0 Å². The van der Waals surface area contributed by atoms with Gasteiger partial charge in [0.15, 0.2) is 0 Å². The van der Waals surface area contributed by atoms with Gasteiger partial charge in [0, 0.05) is 18.6 Å². The molecule has 1 aromatic carbocycles. The van der Waals surface area contributed by atoms with Crippen LogP contribution in [-0.2, 0) is 10.2 Å². The molecule has 0 saturated heterocycles. The van der Waals surface area contributed by atoms with Crippen molar-refractivity contribution in [3.05, 3.63) is 34.9 Å². The molecule has 3 heteroatoms. The van der Waals surface area contributed by atoms with Crippen molar-refractivity contribution in [2.24, 2.45) is 0 Å². The van der Waals surface area contributed by atoms with Crippen molar-refractivity contribution in [2.45, 2.75) is 38.0 Å². The molecule has 98 valence electrons. The van der Waals surface area contributed by atoms with Gasteiger partial charge in [-0.05, 0) is 37.0 Å². The second-order valence-electron chi connectivity index (χ2n) is 5.17. The normalized spacial score (nSPS) is 16.4. The van der Waals surface area contributed by atoms with Crippen LogP contribution in [0, 0.1) is 0 Å². The smallest absolute Gasteiger partial charge is 0.232 e. The monoisotopic (exact) mass is 265 g/mol. The average molecular weight is 266 g/mol. The number of halogens is 1. The molecule has 1 aliphatic carbocycles. The highest BCUT2D eigenvalue weighted by atomic mass is 35.5. The summed E-state index contributed by atoms with van der Waals surface area (Å²) in [5.41, 5.74) is 0.788. The van der Waals surface area contributed by atoms with E-state index in [1.54, 1.807) is 0 Å². The lowest BCUT2D eigenvalue weighted by atomic mass is 9.94. The summed E-state index contributed by atoms with van der Waals surface area (Å²) < 4.78 is 0. The summed E-state index contributed by atoms with van der Waals surface area (Å²) in [6.07, 6.45) is 4.07. The fourth-order valence-electron chi connectivity index (χ4n) is 2.40. The Hall–Kier alpha value is -1.02. The lowest BCUT2D eigenvalue weighted by molar-refractivity contribution is -0.132. The maximum Gasteiger partial charge on any atom is 0.232 e. The zero-order chi connectivity index (χ0) is 13.2. The molecule has 1 amide bonds. The lowest BCUT2D eigenvalue weighted by Gasteiger charge is -2.24. The quantitative estimate of drug-likeness (QED) is 0.796. The molecule has 0 heterocycles. The molecular weight excluding hydrogens is 246 g/mol. The summed E-state index contributed by atoms with van der Waals surface area (Å²) in [6.45, 7) is 2.99. The Morgan fingerprint density at radius 3 is 2.72 bits per heavy atom. The van der Waals surface area contributed by atoms with Gasteiger partial charge < -0.3 is 4.90 Å². The van der Waals surface area contributed by atoms with Gasteiger partial charge >= 0.3 is 0 Å². The van der Waals surface area contributed by atoms with Crippen LogP contribution < -0.4 is 0 Å². The van der Waals surface area contributed by atoms with Crippen LogP contribution in [0.3, 0.4) is 0 Å². The van der Waals surface area contributed by atoms with Gasteiger partial charge in [0.2, 0.25) is 5.91 Å². The molecule has 0 N–H and O–H groups in total. The zero-order valence-corrected chi connectivity index (χ0v) is 11.8. The molecule has 2 rings (SSSR count). The number of carbonyl (C=O) groups excluding carboxylic acids is 1. The van der Waals surface area contributed by atoms with E-state index in [0.29, 0.717) is 5.02 Å². The third-order valence-electron chi connectivity index (χ3n) is 3.73. The summed E-state index contributed by atoms with van der Waals surface area (Å²) in [5.74, 6) is 0.248. The van der Waals surface area contributed by atoms with Crippen molar-refractivity contribution >= 4 is 17.5 Å². The molecule has 0 aliphatic heterocycles. The van der Waals surface area contributed by atoms with E-state index in [0.717, 1.165) is 37.8 Å². The van der Waals surface area contributed by atoms with Crippen LogP contribution in [0.2, 0.25) is 5.02 Å². The van der Waals surface area contributed by atoms with E-state index in [1.807, 2.05) is 36.2 Å². The number of carbonyl (C=O) groups is 1. The third-order valence-corrected chi connectivity index (χ3v) is 3.97. The number of likely N-dealkylation sites (N-methyl/N-ethyl adjacent to an activating group) is 1. The first-order valence-electron chi connectivity index (χ1n) is 6.62.